The summed E-state index contributed by atoms with van der Waals surface area (Å²) in [6.45, 7) is 0. The van der Waals surface area contributed by atoms with Gasteiger partial charge in [-0.1, -0.05) is 66.7 Å². The second-order valence-corrected chi connectivity index (χ2v) is 12.4. The third-order valence-corrected chi connectivity index (χ3v) is 10.1. The van der Waals surface area contributed by atoms with Gasteiger partial charge in [-0.25, -0.2) is 9.97 Å². The summed E-state index contributed by atoms with van der Waals surface area (Å²) in [5, 5.41) is 9.15. The maximum absolute atomic E-state index is 6.57. The molecule has 6 heterocycles. The molecule has 0 saturated heterocycles. The average Bonchev–Trinajstić information content (AvgIpc) is 3.75. The molecule has 0 saturated carbocycles. The van der Waals surface area contributed by atoms with Crippen LogP contribution in [-0.4, -0.2) is 23.9 Å². The van der Waals surface area contributed by atoms with Crippen LogP contribution in [0.25, 0.3) is 110 Å². The van der Waals surface area contributed by atoms with Crippen LogP contribution in [0.1, 0.15) is 0 Å². The minimum absolute atomic E-state index is 0.624. The van der Waals surface area contributed by atoms with E-state index in [4.69, 9.17) is 19.4 Å². The molecule has 47 heavy (non-hydrogen) atoms. The lowest BCUT2D eigenvalue weighted by Gasteiger charge is -2.13. The Morgan fingerprint density at radius 2 is 1.28 bits per heavy atom. The summed E-state index contributed by atoms with van der Waals surface area (Å²) in [5.74, 6) is 0.624. The predicted octanol–water partition coefficient (Wildman–Crippen LogP) is 10.3. The van der Waals surface area contributed by atoms with Gasteiger partial charge in [0.2, 0.25) is 5.95 Å². The molecule has 0 aliphatic heterocycles. The Kier molecular flexibility index (Phi) is 4.15. The van der Waals surface area contributed by atoms with Crippen molar-refractivity contribution in [2.75, 3.05) is 0 Å². The van der Waals surface area contributed by atoms with Gasteiger partial charge in [-0.15, -0.1) is 0 Å². The van der Waals surface area contributed by atoms with E-state index in [0.29, 0.717) is 5.95 Å². The van der Waals surface area contributed by atoms with Crippen LogP contribution >= 0.6 is 0 Å². The molecule has 0 amide bonds. The van der Waals surface area contributed by atoms with E-state index in [1.807, 2.05) is 24.4 Å². The molecule has 0 unspecified atom stereocenters. The molecule has 6 nitrogen and oxygen atoms in total. The Balaban J connectivity index is 1.31. The standard InChI is InChI=1S/C41H21N5O/c1-3-13-27-25(11-1)39(26-12-5-8-22-9-7-21-42-38(22)26)44-41(43-27)46-30-16-6-15-29-34(30)35-31(46)18-20-32-36(35)37-33(47-32)19-17-24-23-10-2-4-14-28(23)45(29)40(24)37/h1-21H. The van der Waals surface area contributed by atoms with Crippen molar-refractivity contribution in [3.8, 4) is 17.2 Å². The van der Waals surface area contributed by atoms with Crippen LogP contribution < -0.4 is 0 Å². The van der Waals surface area contributed by atoms with Gasteiger partial charge < -0.3 is 8.82 Å². The van der Waals surface area contributed by atoms with E-state index in [-0.39, 0.29) is 0 Å². The van der Waals surface area contributed by atoms with Gasteiger partial charge in [-0.3, -0.25) is 9.55 Å². The number of fused-ring (bicyclic) bond motifs is 6. The van der Waals surface area contributed by atoms with Gasteiger partial charge in [0.25, 0.3) is 0 Å². The number of hydrogen-bond donors (Lipinski definition) is 0. The summed E-state index contributed by atoms with van der Waals surface area (Å²) in [4.78, 5) is 15.4. The zero-order chi connectivity index (χ0) is 30.4. The van der Waals surface area contributed by atoms with Gasteiger partial charge in [0.15, 0.2) is 0 Å². The van der Waals surface area contributed by atoms with E-state index in [9.17, 15) is 0 Å². The molecule has 0 aliphatic carbocycles. The zero-order valence-electron chi connectivity index (χ0n) is 24.8. The molecular weight excluding hydrogens is 578 g/mol. The van der Waals surface area contributed by atoms with Crippen LogP contribution in [0.4, 0.5) is 0 Å². The number of rotatable bonds is 2. The van der Waals surface area contributed by atoms with Crippen LogP contribution in [0.15, 0.2) is 132 Å². The second-order valence-electron chi connectivity index (χ2n) is 12.4. The normalized spacial score (nSPS) is 12.7. The molecule has 6 heteroatoms. The lowest BCUT2D eigenvalue weighted by Crippen LogP contribution is -2.04. The summed E-state index contributed by atoms with van der Waals surface area (Å²) >= 11 is 0. The Labute approximate surface area is 265 Å². The Hall–Kier alpha value is -6.53. The van der Waals surface area contributed by atoms with E-state index in [1.165, 1.54) is 27.2 Å². The van der Waals surface area contributed by atoms with Crippen molar-refractivity contribution in [1.82, 2.24) is 23.9 Å². The van der Waals surface area contributed by atoms with Gasteiger partial charge in [-0.05, 0) is 54.6 Å². The number of furan rings is 1. The van der Waals surface area contributed by atoms with E-state index < -0.39 is 0 Å². The molecule has 0 spiro atoms. The summed E-state index contributed by atoms with van der Waals surface area (Å²) in [5.41, 5.74) is 11.1. The van der Waals surface area contributed by atoms with Crippen LogP contribution in [0.5, 0.6) is 0 Å². The van der Waals surface area contributed by atoms with Crippen molar-refractivity contribution in [3.05, 3.63) is 128 Å². The van der Waals surface area contributed by atoms with Gasteiger partial charge in [0.05, 0.1) is 49.7 Å². The van der Waals surface area contributed by atoms with Crippen molar-refractivity contribution < 1.29 is 4.42 Å². The molecule has 6 aromatic carbocycles. The quantitative estimate of drug-likeness (QED) is 0.198. The fourth-order valence-electron chi connectivity index (χ4n) is 8.25. The highest BCUT2D eigenvalue weighted by molar-refractivity contribution is 6.37. The van der Waals surface area contributed by atoms with Crippen LogP contribution in [0.3, 0.4) is 0 Å². The average molecular weight is 600 g/mol. The lowest BCUT2D eigenvalue weighted by atomic mass is 10.0. The topological polar surface area (TPSA) is 61.2 Å². The first kappa shape index (κ1) is 23.8. The maximum Gasteiger partial charge on any atom is 0.235 e. The van der Waals surface area contributed by atoms with Crippen molar-refractivity contribution in [3.63, 3.8) is 0 Å². The van der Waals surface area contributed by atoms with Crippen molar-refractivity contribution in [2.24, 2.45) is 0 Å². The first-order valence-electron chi connectivity index (χ1n) is 15.8. The van der Waals surface area contributed by atoms with Gasteiger partial charge in [0, 0.05) is 49.5 Å². The molecule has 0 fully saturated rings. The summed E-state index contributed by atoms with van der Waals surface area (Å²) < 4.78 is 11.2. The minimum Gasteiger partial charge on any atom is -0.456 e. The lowest BCUT2D eigenvalue weighted by molar-refractivity contribution is 0.669. The molecule has 216 valence electrons. The number of para-hydroxylation sites is 3. The number of aromatic nitrogens is 5. The Morgan fingerprint density at radius 1 is 0.511 bits per heavy atom. The van der Waals surface area contributed by atoms with Crippen LogP contribution in [-0.2, 0) is 0 Å². The van der Waals surface area contributed by atoms with Crippen molar-refractivity contribution >= 4 is 92.9 Å². The van der Waals surface area contributed by atoms with Gasteiger partial charge in [0.1, 0.15) is 11.2 Å². The molecule has 0 atom stereocenters. The van der Waals surface area contributed by atoms with Crippen LogP contribution in [0, 0.1) is 0 Å². The fraction of sp³-hybridized carbons (Fsp3) is 0. The fourth-order valence-corrected chi connectivity index (χ4v) is 8.25. The molecule has 0 aliphatic rings. The molecule has 0 N–H and O–H groups in total. The van der Waals surface area contributed by atoms with E-state index in [1.54, 1.807) is 0 Å². The van der Waals surface area contributed by atoms with Crippen LogP contribution in [0.2, 0.25) is 0 Å². The zero-order valence-corrected chi connectivity index (χ0v) is 24.8. The Bertz CT molecular complexity index is 3250. The highest BCUT2D eigenvalue weighted by atomic mass is 16.3. The molecule has 0 bridgehead atoms. The Morgan fingerprint density at radius 3 is 2.26 bits per heavy atom. The first-order valence-corrected chi connectivity index (χ1v) is 15.8. The van der Waals surface area contributed by atoms with Gasteiger partial charge in [-0.2, -0.15) is 0 Å². The van der Waals surface area contributed by atoms with Crippen molar-refractivity contribution in [1.29, 1.82) is 0 Å². The third-order valence-electron chi connectivity index (χ3n) is 10.1. The maximum atomic E-state index is 6.57. The molecule has 6 aromatic heterocycles. The third kappa shape index (κ3) is 2.81. The summed E-state index contributed by atoms with van der Waals surface area (Å²) in [6, 6.07) is 42.5. The summed E-state index contributed by atoms with van der Waals surface area (Å²) in [6.07, 6.45) is 1.85. The van der Waals surface area contributed by atoms with E-state index >= 15 is 0 Å². The van der Waals surface area contributed by atoms with Gasteiger partial charge >= 0.3 is 0 Å². The number of pyridine rings is 1. The largest absolute Gasteiger partial charge is 0.456 e. The summed E-state index contributed by atoms with van der Waals surface area (Å²) in [7, 11) is 0. The number of hydrogen-bond acceptors (Lipinski definition) is 4. The molecule has 12 rings (SSSR count). The molecule has 0 radical (unpaired) electrons. The van der Waals surface area contributed by atoms with E-state index in [2.05, 4.69) is 112 Å². The predicted molar refractivity (Wildman–Crippen MR) is 190 cm³/mol. The SMILES string of the molecule is c1cnc2c(-c3nc(-n4c5ccc6oc7ccc8c9ccccc9n9c%10cccc4c%10c5c6c7c89)nc4ccccc34)cccc2c1. The molecule has 12 aromatic rings. The van der Waals surface area contributed by atoms with Crippen molar-refractivity contribution in [2.45, 2.75) is 0 Å². The first-order chi connectivity index (χ1) is 23.3. The number of nitrogens with zero attached hydrogens (tertiary/aromatic N) is 5. The smallest absolute Gasteiger partial charge is 0.235 e. The van der Waals surface area contributed by atoms with E-state index in [0.717, 1.165) is 76.9 Å². The highest BCUT2D eigenvalue weighted by Crippen LogP contribution is 2.48. The molecular formula is C41H21N5O. The highest BCUT2D eigenvalue weighted by Gasteiger charge is 2.27. The monoisotopic (exact) mass is 599 g/mol. The minimum atomic E-state index is 0.624. The number of benzene rings is 6. The second kappa shape index (κ2) is 8.19.